The lowest BCUT2D eigenvalue weighted by Gasteiger charge is -2.22. The molecule has 0 aliphatic carbocycles. The lowest BCUT2D eigenvalue weighted by Crippen LogP contribution is -2.03. The molecule has 30 heavy (non-hydrogen) atoms. The van der Waals surface area contributed by atoms with Gasteiger partial charge in [-0.25, -0.2) is 0 Å². The van der Waals surface area contributed by atoms with Crippen LogP contribution >= 0.6 is 22.6 Å². The molecule has 0 fully saturated rings. The number of benzene rings is 4. The largest absolute Gasteiger partial charge is 0.354 e. The average molecular weight is 503 g/mol. The summed E-state index contributed by atoms with van der Waals surface area (Å²) < 4.78 is 1.23. The molecule has 0 bridgehead atoms. The standard InChI is InChI=1S/C28H26IN/c1-4-21-16-19(2)15-20(3)27(21)30-28-25(22-11-7-5-8-12-22)17-24(29)18-26(28)23-13-9-6-10-14-23/h5-18,30H,4H2,1-3H3. The molecule has 0 atom stereocenters. The zero-order valence-electron chi connectivity index (χ0n) is 17.7. The Hall–Kier alpha value is -2.59. The van der Waals surface area contributed by atoms with Crippen molar-refractivity contribution >= 4 is 34.0 Å². The Bertz CT molecular complexity index is 1100. The number of hydrogen-bond donors (Lipinski definition) is 1. The summed E-state index contributed by atoms with van der Waals surface area (Å²) in [7, 11) is 0. The van der Waals surface area contributed by atoms with Crippen LogP contribution in [0.25, 0.3) is 22.3 Å². The predicted octanol–water partition coefficient (Wildman–Crippen LogP) is 8.55. The van der Waals surface area contributed by atoms with Gasteiger partial charge in [0.1, 0.15) is 0 Å². The van der Waals surface area contributed by atoms with Crippen LogP contribution in [0.1, 0.15) is 23.6 Å². The Labute approximate surface area is 193 Å². The number of aryl methyl sites for hydroxylation is 3. The van der Waals surface area contributed by atoms with Gasteiger partial charge in [0.05, 0.1) is 5.69 Å². The SMILES string of the molecule is CCc1cc(C)cc(C)c1Nc1c(-c2ccccc2)cc(I)cc1-c1ccccc1. The second-order valence-corrected chi connectivity index (χ2v) is 8.95. The summed E-state index contributed by atoms with van der Waals surface area (Å²) in [5, 5.41) is 3.88. The minimum atomic E-state index is 0.997. The van der Waals surface area contributed by atoms with Crippen LogP contribution in [0.3, 0.4) is 0 Å². The third kappa shape index (κ3) is 4.29. The first-order valence-corrected chi connectivity index (χ1v) is 11.5. The maximum Gasteiger partial charge on any atom is 0.0544 e. The Kier molecular flexibility index (Phi) is 6.24. The molecule has 0 saturated carbocycles. The molecule has 4 aromatic carbocycles. The monoisotopic (exact) mass is 503 g/mol. The fourth-order valence-corrected chi connectivity index (χ4v) is 4.69. The molecule has 2 heteroatoms. The highest BCUT2D eigenvalue weighted by Crippen LogP contribution is 2.41. The summed E-state index contributed by atoms with van der Waals surface area (Å²) in [5.74, 6) is 0. The van der Waals surface area contributed by atoms with Gasteiger partial charge in [0.15, 0.2) is 0 Å². The van der Waals surface area contributed by atoms with E-state index >= 15 is 0 Å². The van der Waals surface area contributed by atoms with Crippen LogP contribution in [-0.4, -0.2) is 0 Å². The first kappa shape index (κ1) is 20.7. The molecule has 0 saturated heterocycles. The molecule has 0 heterocycles. The van der Waals surface area contributed by atoms with Crippen LogP contribution in [0, 0.1) is 17.4 Å². The van der Waals surface area contributed by atoms with Crippen molar-refractivity contribution in [2.24, 2.45) is 0 Å². The highest BCUT2D eigenvalue weighted by Gasteiger charge is 2.16. The molecule has 0 radical (unpaired) electrons. The highest BCUT2D eigenvalue weighted by atomic mass is 127. The highest BCUT2D eigenvalue weighted by molar-refractivity contribution is 14.1. The zero-order valence-corrected chi connectivity index (χ0v) is 19.8. The molecule has 0 aliphatic heterocycles. The second-order valence-electron chi connectivity index (χ2n) is 7.70. The first-order valence-electron chi connectivity index (χ1n) is 10.4. The summed E-state index contributed by atoms with van der Waals surface area (Å²) in [4.78, 5) is 0. The molecule has 0 aliphatic rings. The van der Waals surface area contributed by atoms with Crippen LogP contribution in [0.4, 0.5) is 11.4 Å². The van der Waals surface area contributed by atoms with Crippen molar-refractivity contribution in [1.29, 1.82) is 0 Å². The molecule has 1 nitrogen and oxygen atoms in total. The minimum absolute atomic E-state index is 0.997. The second kappa shape index (κ2) is 9.05. The summed E-state index contributed by atoms with van der Waals surface area (Å²) in [6.07, 6.45) is 0.997. The van der Waals surface area contributed by atoms with E-state index in [4.69, 9.17) is 0 Å². The van der Waals surface area contributed by atoms with Crippen LogP contribution in [-0.2, 0) is 6.42 Å². The molecule has 4 rings (SSSR count). The average Bonchev–Trinajstić information content (AvgIpc) is 2.77. The van der Waals surface area contributed by atoms with E-state index in [1.54, 1.807) is 0 Å². The quantitative estimate of drug-likeness (QED) is 0.269. The maximum atomic E-state index is 3.88. The fourth-order valence-electron chi connectivity index (χ4n) is 4.07. The lowest BCUT2D eigenvalue weighted by atomic mass is 9.94. The van der Waals surface area contributed by atoms with Crippen molar-refractivity contribution in [3.8, 4) is 22.3 Å². The summed E-state index contributed by atoms with van der Waals surface area (Å²) in [6, 6.07) is 30.4. The number of anilines is 2. The normalized spacial score (nSPS) is 10.8. The first-order chi connectivity index (χ1) is 14.6. The van der Waals surface area contributed by atoms with Gasteiger partial charge in [-0.05, 0) is 77.2 Å². The molecular weight excluding hydrogens is 477 g/mol. The van der Waals surface area contributed by atoms with Gasteiger partial charge in [-0.1, -0.05) is 85.3 Å². The van der Waals surface area contributed by atoms with Crippen molar-refractivity contribution in [2.45, 2.75) is 27.2 Å². The van der Waals surface area contributed by atoms with Gasteiger partial charge in [-0.3, -0.25) is 0 Å². The van der Waals surface area contributed by atoms with E-state index in [-0.39, 0.29) is 0 Å². The molecule has 150 valence electrons. The molecule has 0 amide bonds. The topological polar surface area (TPSA) is 12.0 Å². The van der Waals surface area contributed by atoms with E-state index in [2.05, 4.69) is 134 Å². The van der Waals surface area contributed by atoms with E-state index in [1.165, 1.54) is 48.2 Å². The summed E-state index contributed by atoms with van der Waals surface area (Å²) >= 11 is 2.43. The van der Waals surface area contributed by atoms with E-state index in [9.17, 15) is 0 Å². The molecule has 0 aromatic heterocycles. The van der Waals surface area contributed by atoms with E-state index in [0.29, 0.717) is 0 Å². The lowest BCUT2D eigenvalue weighted by molar-refractivity contribution is 1.12. The van der Waals surface area contributed by atoms with Gasteiger partial charge in [0.2, 0.25) is 0 Å². The maximum absolute atomic E-state index is 3.88. The van der Waals surface area contributed by atoms with Crippen molar-refractivity contribution in [3.63, 3.8) is 0 Å². The third-order valence-electron chi connectivity index (χ3n) is 5.47. The molecule has 1 N–H and O–H groups in total. The predicted molar refractivity (Wildman–Crippen MR) is 139 cm³/mol. The summed E-state index contributed by atoms with van der Waals surface area (Å²) in [5.41, 5.74) is 11.2. The number of halogens is 1. The van der Waals surface area contributed by atoms with Gasteiger partial charge in [-0.2, -0.15) is 0 Å². The van der Waals surface area contributed by atoms with Gasteiger partial charge in [0, 0.05) is 20.4 Å². The van der Waals surface area contributed by atoms with Crippen molar-refractivity contribution in [3.05, 3.63) is 105 Å². The van der Waals surface area contributed by atoms with Crippen molar-refractivity contribution in [1.82, 2.24) is 0 Å². The van der Waals surface area contributed by atoms with E-state index in [0.717, 1.165) is 12.1 Å². The molecular formula is C28H26IN. The van der Waals surface area contributed by atoms with Crippen LogP contribution < -0.4 is 5.32 Å². The zero-order chi connectivity index (χ0) is 21.1. The number of rotatable bonds is 5. The Morgan fingerprint density at radius 1 is 0.700 bits per heavy atom. The van der Waals surface area contributed by atoms with E-state index < -0.39 is 0 Å². The smallest absolute Gasteiger partial charge is 0.0544 e. The number of nitrogens with one attached hydrogen (secondary N) is 1. The third-order valence-corrected chi connectivity index (χ3v) is 6.09. The fraction of sp³-hybridized carbons (Fsp3) is 0.143. The van der Waals surface area contributed by atoms with Gasteiger partial charge in [-0.15, -0.1) is 0 Å². The van der Waals surface area contributed by atoms with Gasteiger partial charge in [0.25, 0.3) is 0 Å². The van der Waals surface area contributed by atoms with Gasteiger partial charge >= 0.3 is 0 Å². The molecule has 0 unspecified atom stereocenters. The Morgan fingerprint density at radius 2 is 1.23 bits per heavy atom. The minimum Gasteiger partial charge on any atom is -0.354 e. The van der Waals surface area contributed by atoms with Crippen molar-refractivity contribution < 1.29 is 0 Å². The number of hydrogen-bond acceptors (Lipinski definition) is 1. The molecule has 4 aromatic rings. The van der Waals surface area contributed by atoms with Crippen LogP contribution in [0.2, 0.25) is 0 Å². The Balaban J connectivity index is 1.98. The van der Waals surface area contributed by atoms with Crippen LogP contribution in [0.15, 0.2) is 84.9 Å². The van der Waals surface area contributed by atoms with Crippen LogP contribution in [0.5, 0.6) is 0 Å². The van der Waals surface area contributed by atoms with Crippen molar-refractivity contribution in [2.75, 3.05) is 5.32 Å². The van der Waals surface area contributed by atoms with Gasteiger partial charge < -0.3 is 5.32 Å². The molecule has 0 spiro atoms. The Morgan fingerprint density at radius 3 is 1.73 bits per heavy atom. The summed E-state index contributed by atoms with van der Waals surface area (Å²) in [6.45, 7) is 6.60. The van der Waals surface area contributed by atoms with E-state index in [1.807, 2.05) is 0 Å².